The van der Waals surface area contributed by atoms with Crippen LogP contribution in [0, 0.1) is 0 Å². The summed E-state index contributed by atoms with van der Waals surface area (Å²) in [6.07, 6.45) is 5.14. The zero-order valence-electron chi connectivity index (χ0n) is 11.3. The Kier molecular flexibility index (Phi) is 3.70. The first-order valence-electron chi connectivity index (χ1n) is 7.04. The summed E-state index contributed by atoms with van der Waals surface area (Å²) in [6, 6.07) is 7.22. The second-order valence-electron chi connectivity index (χ2n) is 5.73. The third-order valence-corrected chi connectivity index (χ3v) is 4.88. The number of halogens is 1. The minimum absolute atomic E-state index is 0.301. The highest BCUT2D eigenvalue weighted by molar-refractivity contribution is 6.32. The topological polar surface area (TPSA) is 38.5 Å². The van der Waals surface area contributed by atoms with Crippen LogP contribution in [0.25, 0.3) is 0 Å². The number of hydrogen-bond acceptors (Lipinski definition) is 3. The fraction of sp³-hybridized carbons (Fsp3) is 0.600. The van der Waals surface area contributed by atoms with E-state index < -0.39 is 0 Å². The number of fused-ring (bicyclic) bond motifs is 2. The van der Waals surface area contributed by atoms with Crippen LogP contribution >= 0.6 is 11.6 Å². The summed E-state index contributed by atoms with van der Waals surface area (Å²) in [5, 5.41) is 0.675. The summed E-state index contributed by atoms with van der Waals surface area (Å²) >= 11 is 6.25. The van der Waals surface area contributed by atoms with Gasteiger partial charge < -0.3 is 15.4 Å². The van der Waals surface area contributed by atoms with Gasteiger partial charge in [-0.05, 0) is 50.4 Å². The molecule has 2 aliphatic heterocycles. The van der Waals surface area contributed by atoms with Gasteiger partial charge in [-0.3, -0.25) is 0 Å². The highest BCUT2D eigenvalue weighted by atomic mass is 35.5. The summed E-state index contributed by atoms with van der Waals surface area (Å²) < 4.78 is 6.12. The van der Waals surface area contributed by atoms with E-state index in [1.807, 2.05) is 18.2 Å². The molecule has 0 amide bonds. The van der Waals surface area contributed by atoms with Gasteiger partial charge in [0.1, 0.15) is 11.9 Å². The van der Waals surface area contributed by atoms with E-state index in [1.54, 1.807) is 0 Å². The Morgan fingerprint density at radius 3 is 2.58 bits per heavy atom. The van der Waals surface area contributed by atoms with Crippen molar-refractivity contribution in [3.8, 4) is 5.75 Å². The summed E-state index contributed by atoms with van der Waals surface area (Å²) in [6.45, 7) is 0.512. The van der Waals surface area contributed by atoms with Crippen molar-refractivity contribution in [3.05, 3.63) is 28.8 Å². The SMILES string of the molecule is CN1C2CCC1CC(Oc1ccc(CN)cc1Cl)C2. The molecule has 3 rings (SSSR count). The summed E-state index contributed by atoms with van der Waals surface area (Å²) in [5.41, 5.74) is 6.65. The first kappa shape index (κ1) is 13.2. The molecule has 0 aliphatic carbocycles. The maximum absolute atomic E-state index is 6.25. The lowest BCUT2D eigenvalue weighted by molar-refractivity contribution is 0.0662. The van der Waals surface area contributed by atoms with Gasteiger partial charge in [0.15, 0.2) is 0 Å². The number of nitrogens with zero attached hydrogens (tertiary/aromatic N) is 1. The lowest BCUT2D eigenvalue weighted by Crippen LogP contribution is -2.43. The van der Waals surface area contributed by atoms with E-state index in [9.17, 15) is 0 Å². The Bertz CT molecular complexity index is 451. The average molecular weight is 281 g/mol. The first-order valence-corrected chi connectivity index (χ1v) is 7.42. The predicted molar refractivity (Wildman–Crippen MR) is 77.6 cm³/mol. The number of piperidine rings is 1. The smallest absolute Gasteiger partial charge is 0.138 e. The summed E-state index contributed by atoms with van der Waals surface area (Å²) in [7, 11) is 2.24. The van der Waals surface area contributed by atoms with Crippen molar-refractivity contribution in [2.24, 2.45) is 5.73 Å². The van der Waals surface area contributed by atoms with E-state index in [1.165, 1.54) is 12.8 Å². The van der Waals surface area contributed by atoms with Crippen LogP contribution in [0.4, 0.5) is 0 Å². The number of nitrogens with two attached hydrogens (primary N) is 1. The normalized spacial score (nSPS) is 30.6. The van der Waals surface area contributed by atoms with Gasteiger partial charge in [0, 0.05) is 18.6 Å². The van der Waals surface area contributed by atoms with Gasteiger partial charge in [-0.1, -0.05) is 17.7 Å². The van der Waals surface area contributed by atoms with E-state index in [-0.39, 0.29) is 0 Å². The lowest BCUT2D eigenvalue weighted by Gasteiger charge is -2.36. The molecule has 2 fully saturated rings. The van der Waals surface area contributed by atoms with Gasteiger partial charge in [0.25, 0.3) is 0 Å². The molecule has 2 saturated heterocycles. The Hall–Kier alpha value is -0.770. The molecular formula is C15H21ClN2O. The highest BCUT2D eigenvalue weighted by Crippen LogP contribution is 2.37. The first-order chi connectivity index (χ1) is 9.17. The zero-order valence-corrected chi connectivity index (χ0v) is 12.1. The fourth-order valence-corrected chi connectivity index (χ4v) is 3.65. The second-order valence-corrected chi connectivity index (χ2v) is 6.14. The van der Waals surface area contributed by atoms with E-state index in [0.29, 0.717) is 29.8 Å². The third-order valence-electron chi connectivity index (χ3n) is 4.58. The Labute approximate surface area is 119 Å². The van der Waals surface area contributed by atoms with Gasteiger partial charge >= 0.3 is 0 Å². The largest absolute Gasteiger partial charge is 0.489 e. The number of ether oxygens (including phenoxy) is 1. The van der Waals surface area contributed by atoms with Gasteiger partial charge in [0.2, 0.25) is 0 Å². The summed E-state index contributed by atoms with van der Waals surface area (Å²) in [4.78, 5) is 2.51. The minimum Gasteiger partial charge on any atom is -0.489 e. The standard InChI is InChI=1S/C15H21ClN2O/c1-18-11-3-4-12(18)8-13(7-11)19-15-5-2-10(9-17)6-14(15)16/h2,5-6,11-13H,3-4,7-9,17H2,1H3. The van der Waals surface area contributed by atoms with Crippen molar-refractivity contribution in [2.75, 3.05) is 7.05 Å². The van der Waals surface area contributed by atoms with Crippen LogP contribution in [-0.4, -0.2) is 30.1 Å². The molecule has 2 aliphatic rings. The number of benzene rings is 1. The Morgan fingerprint density at radius 1 is 1.32 bits per heavy atom. The quantitative estimate of drug-likeness (QED) is 0.925. The van der Waals surface area contributed by atoms with Crippen LogP contribution in [0.1, 0.15) is 31.2 Å². The predicted octanol–water partition coefficient (Wildman–Crippen LogP) is 2.80. The van der Waals surface area contributed by atoms with Crippen molar-refractivity contribution in [3.63, 3.8) is 0 Å². The second kappa shape index (κ2) is 5.31. The lowest BCUT2D eigenvalue weighted by atomic mass is 10.0. The van der Waals surface area contributed by atoms with E-state index in [2.05, 4.69) is 11.9 Å². The van der Waals surface area contributed by atoms with Crippen molar-refractivity contribution in [1.29, 1.82) is 0 Å². The molecule has 0 aromatic heterocycles. The molecule has 1 aromatic rings. The van der Waals surface area contributed by atoms with E-state index in [4.69, 9.17) is 22.1 Å². The van der Waals surface area contributed by atoms with Crippen LogP contribution in [0.2, 0.25) is 5.02 Å². The molecule has 3 nitrogen and oxygen atoms in total. The molecule has 0 spiro atoms. The summed E-state index contributed by atoms with van der Waals surface area (Å²) in [5.74, 6) is 0.799. The number of hydrogen-bond donors (Lipinski definition) is 1. The van der Waals surface area contributed by atoms with Gasteiger partial charge in [0.05, 0.1) is 5.02 Å². The molecule has 2 unspecified atom stereocenters. The van der Waals surface area contributed by atoms with Crippen LogP contribution in [-0.2, 0) is 6.54 Å². The Morgan fingerprint density at radius 2 is 2.00 bits per heavy atom. The van der Waals surface area contributed by atoms with Crippen molar-refractivity contribution in [1.82, 2.24) is 4.90 Å². The van der Waals surface area contributed by atoms with Crippen LogP contribution < -0.4 is 10.5 Å². The molecule has 104 valence electrons. The molecular weight excluding hydrogens is 260 g/mol. The van der Waals surface area contributed by atoms with Crippen molar-refractivity contribution < 1.29 is 4.74 Å². The van der Waals surface area contributed by atoms with E-state index >= 15 is 0 Å². The third kappa shape index (κ3) is 2.60. The maximum atomic E-state index is 6.25. The molecule has 0 radical (unpaired) electrons. The monoisotopic (exact) mass is 280 g/mol. The molecule has 1 aromatic carbocycles. The van der Waals surface area contributed by atoms with Crippen LogP contribution in [0.5, 0.6) is 5.75 Å². The molecule has 2 atom stereocenters. The fourth-order valence-electron chi connectivity index (χ4n) is 3.40. The zero-order chi connectivity index (χ0) is 13.4. The van der Waals surface area contributed by atoms with E-state index in [0.717, 1.165) is 24.2 Å². The molecule has 0 saturated carbocycles. The maximum Gasteiger partial charge on any atom is 0.138 e. The highest BCUT2D eigenvalue weighted by Gasteiger charge is 2.39. The minimum atomic E-state index is 0.301. The van der Waals surface area contributed by atoms with Crippen LogP contribution in [0.15, 0.2) is 18.2 Å². The number of rotatable bonds is 3. The van der Waals surface area contributed by atoms with Gasteiger partial charge in [-0.2, -0.15) is 0 Å². The average Bonchev–Trinajstić information content (AvgIpc) is 2.64. The molecule has 2 heterocycles. The van der Waals surface area contributed by atoms with Crippen LogP contribution in [0.3, 0.4) is 0 Å². The molecule has 2 bridgehead atoms. The molecule has 19 heavy (non-hydrogen) atoms. The molecule has 4 heteroatoms. The van der Waals surface area contributed by atoms with Gasteiger partial charge in [-0.25, -0.2) is 0 Å². The van der Waals surface area contributed by atoms with Crippen molar-refractivity contribution >= 4 is 11.6 Å². The van der Waals surface area contributed by atoms with Gasteiger partial charge in [-0.15, -0.1) is 0 Å². The van der Waals surface area contributed by atoms with Crippen molar-refractivity contribution in [2.45, 2.75) is 50.4 Å². The Balaban J connectivity index is 1.69. The molecule has 2 N–H and O–H groups in total.